The topological polar surface area (TPSA) is 0 Å². The second-order valence-electron chi connectivity index (χ2n) is 5.93. The van der Waals surface area contributed by atoms with Gasteiger partial charge in [-0.2, -0.15) is 13.2 Å². The van der Waals surface area contributed by atoms with Crippen molar-refractivity contribution in [3.63, 3.8) is 0 Å². The van der Waals surface area contributed by atoms with Crippen molar-refractivity contribution in [3.05, 3.63) is 35.4 Å². The monoisotopic (exact) mass is 348 g/mol. The first kappa shape index (κ1) is 15.9. The molecule has 1 aromatic carbocycles. The maximum atomic E-state index is 12.5. The summed E-state index contributed by atoms with van der Waals surface area (Å²) in [5.41, 5.74) is 0.400. The van der Waals surface area contributed by atoms with Gasteiger partial charge in [-0.25, -0.2) is 0 Å². The molecule has 1 aliphatic carbocycles. The van der Waals surface area contributed by atoms with Crippen LogP contribution in [0.3, 0.4) is 0 Å². The Hall–Kier alpha value is -0.510. The summed E-state index contributed by atoms with van der Waals surface area (Å²) in [6.07, 6.45) is 1.53. The van der Waals surface area contributed by atoms with Crippen LogP contribution >= 0.6 is 15.9 Å². The molecule has 1 saturated carbocycles. The van der Waals surface area contributed by atoms with Crippen molar-refractivity contribution in [1.82, 2.24) is 0 Å². The van der Waals surface area contributed by atoms with Crippen molar-refractivity contribution in [2.24, 2.45) is 11.8 Å². The molecule has 112 valence electrons. The van der Waals surface area contributed by atoms with Gasteiger partial charge in [-0.05, 0) is 48.8 Å². The average molecular weight is 349 g/mol. The lowest BCUT2D eigenvalue weighted by atomic mass is 9.80. The minimum atomic E-state index is -4.24. The van der Waals surface area contributed by atoms with Gasteiger partial charge in [-0.15, -0.1) is 0 Å². The lowest BCUT2D eigenvalue weighted by molar-refractivity contribution is -0.137. The molecular formula is C16H20BrF3. The predicted octanol–water partition coefficient (Wildman–Crippen LogP) is 5.84. The first-order valence-electron chi connectivity index (χ1n) is 7.16. The third kappa shape index (κ3) is 4.24. The fraction of sp³-hybridized carbons (Fsp3) is 0.625. The molecular weight excluding hydrogens is 329 g/mol. The lowest BCUT2D eigenvalue weighted by Crippen LogP contribution is -2.22. The Morgan fingerprint density at radius 1 is 1.10 bits per heavy atom. The molecule has 0 bridgehead atoms. The van der Waals surface area contributed by atoms with Crippen molar-refractivity contribution in [2.45, 2.75) is 50.0 Å². The van der Waals surface area contributed by atoms with Crippen molar-refractivity contribution in [1.29, 1.82) is 0 Å². The molecule has 0 spiro atoms. The quantitative estimate of drug-likeness (QED) is 0.602. The van der Waals surface area contributed by atoms with Crippen molar-refractivity contribution < 1.29 is 13.2 Å². The van der Waals surface area contributed by atoms with E-state index in [2.05, 4.69) is 22.9 Å². The zero-order chi connectivity index (χ0) is 14.8. The molecule has 1 unspecified atom stereocenters. The predicted molar refractivity (Wildman–Crippen MR) is 79.0 cm³/mol. The summed E-state index contributed by atoms with van der Waals surface area (Å²) in [7, 11) is 0. The molecule has 0 heterocycles. The Balaban J connectivity index is 1.93. The summed E-state index contributed by atoms with van der Waals surface area (Å²) in [4.78, 5) is 0.367. The van der Waals surface area contributed by atoms with Crippen LogP contribution in [0.25, 0.3) is 0 Å². The van der Waals surface area contributed by atoms with E-state index < -0.39 is 11.7 Å². The number of hydrogen-bond acceptors (Lipinski definition) is 0. The number of hydrogen-bond donors (Lipinski definition) is 0. The van der Waals surface area contributed by atoms with Gasteiger partial charge >= 0.3 is 6.18 Å². The molecule has 0 N–H and O–H groups in total. The molecule has 0 saturated heterocycles. The van der Waals surface area contributed by atoms with Crippen LogP contribution in [0.4, 0.5) is 13.2 Å². The second-order valence-corrected chi connectivity index (χ2v) is 7.11. The largest absolute Gasteiger partial charge is 0.416 e. The fourth-order valence-corrected chi connectivity index (χ4v) is 3.77. The average Bonchev–Trinajstić information content (AvgIpc) is 2.39. The Morgan fingerprint density at radius 2 is 1.65 bits per heavy atom. The third-order valence-corrected chi connectivity index (χ3v) is 5.36. The van der Waals surface area contributed by atoms with Gasteiger partial charge in [0.2, 0.25) is 0 Å². The number of benzene rings is 1. The standard InChI is InChI=1S/C16H20BrF3/c1-11-2-6-13(7-3-11)15(17)10-12-4-8-14(9-5-12)16(18,19)20/h4-5,8-9,11,13,15H,2-3,6-7,10H2,1H3. The minimum absolute atomic E-state index is 0.367. The molecule has 2 rings (SSSR count). The van der Waals surface area contributed by atoms with E-state index >= 15 is 0 Å². The molecule has 0 radical (unpaired) electrons. The Kier molecular flexibility index (Phi) is 5.16. The van der Waals surface area contributed by atoms with Gasteiger partial charge in [0.15, 0.2) is 0 Å². The summed E-state index contributed by atoms with van der Waals surface area (Å²) in [5, 5.41) is 0. The molecule has 1 fully saturated rings. The summed E-state index contributed by atoms with van der Waals surface area (Å²) in [5.74, 6) is 1.46. The smallest absolute Gasteiger partial charge is 0.166 e. The van der Waals surface area contributed by atoms with Gasteiger partial charge < -0.3 is 0 Å². The van der Waals surface area contributed by atoms with Crippen LogP contribution in [0, 0.1) is 11.8 Å². The zero-order valence-corrected chi connectivity index (χ0v) is 13.2. The van der Waals surface area contributed by atoms with Gasteiger partial charge in [0.1, 0.15) is 0 Å². The first-order valence-corrected chi connectivity index (χ1v) is 8.08. The highest BCUT2D eigenvalue weighted by atomic mass is 79.9. The van der Waals surface area contributed by atoms with Gasteiger partial charge in [0.05, 0.1) is 5.56 Å². The van der Waals surface area contributed by atoms with Crippen LogP contribution in [0.15, 0.2) is 24.3 Å². The highest BCUT2D eigenvalue weighted by Gasteiger charge is 2.30. The molecule has 20 heavy (non-hydrogen) atoms. The Labute approximate surface area is 126 Å². The first-order chi connectivity index (χ1) is 9.36. The highest BCUT2D eigenvalue weighted by molar-refractivity contribution is 9.09. The van der Waals surface area contributed by atoms with Gasteiger partial charge in [-0.1, -0.05) is 47.8 Å². The van der Waals surface area contributed by atoms with E-state index in [1.165, 1.54) is 37.8 Å². The van der Waals surface area contributed by atoms with Crippen molar-refractivity contribution in [3.8, 4) is 0 Å². The molecule has 0 amide bonds. The van der Waals surface area contributed by atoms with Crippen LogP contribution < -0.4 is 0 Å². The number of halogens is 4. The maximum Gasteiger partial charge on any atom is 0.416 e. The van der Waals surface area contributed by atoms with Crippen LogP contribution in [-0.2, 0) is 12.6 Å². The van der Waals surface area contributed by atoms with E-state index in [1.54, 1.807) is 12.1 Å². The van der Waals surface area contributed by atoms with Crippen molar-refractivity contribution in [2.75, 3.05) is 0 Å². The fourth-order valence-electron chi connectivity index (χ4n) is 2.87. The second kappa shape index (κ2) is 6.50. The van der Waals surface area contributed by atoms with Crippen LogP contribution in [0.1, 0.15) is 43.7 Å². The molecule has 1 aromatic rings. The van der Waals surface area contributed by atoms with Crippen molar-refractivity contribution >= 4 is 15.9 Å². The highest BCUT2D eigenvalue weighted by Crippen LogP contribution is 2.35. The van der Waals surface area contributed by atoms with Gasteiger partial charge in [-0.3, -0.25) is 0 Å². The number of alkyl halides is 4. The Bertz CT molecular complexity index is 416. The van der Waals surface area contributed by atoms with E-state index in [9.17, 15) is 13.2 Å². The third-order valence-electron chi connectivity index (χ3n) is 4.28. The molecule has 1 atom stereocenters. The van der Waals surface area contributed by atoms with E-state index in [1.807, 2.05) is 0 Å². The van der Waals surface area contributed by atoms with Gasteiger partial charge in [0.25, 0.3) is 0 Å². The van der Waals surface area contributed by atoms with Gasteiger partial charge in [0, 0.05) is 4.83 Å². The maximum absolute atomic E-state index is 12.5. The molecule has 0 aliphatic heterocycles. The molecule has 0 nitrogen and oxygen atoms in total. The van der Waals surface area contributed by atoms with Crippen LogP contribution in [0.2, 0.25) is 0 Å². The summed E-state index contributed by atoms with van der Waals surface area (Å²) in [6.45, 7) is 2.29. The van der Waals surface area contributed by atoms with E-state index in [-0.39, 0.29) is 0 Å². The normalized spacial score (nSPS) is 25.4. The SMILES string of the molecule is CC1CCC(C(Br)Cc2ccc(C(F)(F)F)cc2)CC1. The summed E-state index contributed by atoms with van der Waals surface area (Å²) >= 11 is 3.73. The molecule has 0 aromatic heterocycles. The molecule has 4 heteroatoms. The zero-order valence-electron chi connectivity index (χ0n) is 11.6. The minimum Gasteiger partial charge on any atom is -0.166 e. The Morgan fingerprint density at radius 3 is 2.15 bits per heavy atom. The van der Waals surface area contributed by atoms with E-state index in [4.69, 9.17) is 0 Å². The van der Waals surface area contributed by atoms with Crippen LogP contribution in [-0.4, -0.2) is 4.83 Å². The molecule has 1 aliphatic rings. The summed E-state index contributed by atoms with van der Waals surface area (Å²) in [6, 6.07) is 5.56. The number of rotatable bonds is 3. The van der Waals surface area contributed by atoms with E-state index in [0.717, 1.165) is 17.9 Å². The summed E-state index contributed by atoms with van der Waals surface area (Å²) < 4.78 is 37.5. The lowest BCUT2D eigenvalue weighted by Gasteiger charge is -2.29. The van der Waals surface area contributed by atoms with Crippen LogP contribution in [0.5, 0.6) is 0 Å². The van der Waals surface area contributed by atoms with E-state index in [0.29, 0.717) is 10.7 Å².